The Bertz CT molecular complexity index is 388. The van der Waals surface area contributed by atoms with Crippen molar-refractivity contribution in [2.45, 2.75) is 89.2 Å². The van der Waals surface area contributed by atoms with Gasteiger partial charge >= 0.3 is 0 Å². The van der Waals surface area contributed by atoms with E-state index >= 15 is 0 Å². The molecule has 0 aromatic carbocycles. The van der Waals surface area contributed by atoms with Gasteiger partial charge in [-0.3, -0.25) is 15.1 Å². The summed E-state index contributed by atoms with van der Waals surface area (Å²) in [7, 11) is 1.99. The lowest BCUT2D eigenvalue weighted by molar-refractivity contribution is -0.119. The molecule has 4 atom stereocenters. The largest absolute Gasteiger partial charge is 0.365 e. The monoisotopic (exact) mass is 352 g/mol. The molecule has 3 N–H and O–H groups in total. The minimum absolute atomic E-state index is 0.488. The molecule has 3 fully saturated rings. The molecule has 5 nitrogen and oxygen atoms in total. The van der Waals surface area contributed by atoms with E-state index in [9.17, 15) is 5.11 Å². The maximum atomic E-state index is 10.8. The second-order valence-electron chi connectivity index (χ2n) is 8.63. The van der Waals surface area contributed by atoms with E-state index in [1.807, 2.05) is 7.05 Å². The summed E-state index contributed by atoms with van der Waals surface area (Å²) in [5.74, 6) is 0.533. The molecule has 0 spiro atoms. The van der Waals surface area contributed by atoms with Crippen molar-refractivity contribution in [2.24, 2.45) is 5.92 Å². The van der Waals surface area contributed by atoms with E-state index in [0.29, 0.717) is 18.0 Å². The molecule has 2 saturated carbocycles. The average Bonchev–Trinajstić information content (AvgIpc) is 2.66. The molecule has 0 bridgehead atoms. The van der Waals surface area contributed by atoms with E-state index in [-0.39, 0.29) is 0 Å². The van der Waals surface area contributed by atoms with E-state index in [1.165, 1.54) is 57.8 Å². The van der Waals surface area contributed by atoms with Crippen LogP contribution in [0.15, 0.2) is 0 Å². The number of aliphatic hydroxyl groups excluding tert-OH is 1. The van der Waals surface area contributed by atoms with Crippen LogP contribution in [0.3, 0.4) is 0 Å². The fourth-order valence-electron chi connectivity index (χ4n) is 5.44. The van der Waals surface area contributed by atoms with Crippen LogP contribution in [-0.4, -0.2) is 72.6 Å². The number of rotatable bonds is 7. The van der Waals surface area contributed by atoms with Gasteiger partial charge in [0.2, 0.25) is 0 Å². The molecule has 1 saturated heterocycles. The van der Waals surface area contributed by atoms with Crippen molar-refractivity contribution < 1.29 is 5.11 Å². The average molecular weight is 353 g/mol. The molecule has 0 aromatic heterocycles. The molecule has 0 radical (unpaired) electrons. The molecule has 5 heteroatoms. The van der Waals surface area contributed by atoms with Gasteiger partial charge in [-0.15, -0.1) is 0 Å². The lowest BCUT2D eigenvalue weighted by Gasteiger charge is -2.54. The topological polar surface area (TPSA) is 50.8 Å². The Labute approximate surface area is 154 Å². The summed E-state index contributed by atoms with van der Waals surface area (Å²) in [5, 5.41) is 17.4. The number of aliphatic hydroxyl groups is 1. The summed E-state index contributed by atoms with van der Waals surface area (Å²) >= 11 is 0. The first-order valence-electron chi connectivity index (χ1n) is 10.8. The van der Waals surface area contributed by atoms with Crippen LogP contribution in [0.5, 0.6) is 0 Å². The van der Waals surface area contributed by atoms with Crippen molar-refractivity contribution in [3.63, 3.8) is 0 Å². The molecule has 3 rings (SSSR count). The highest BCUT2D eigenvalue weighted by Gasteiger charge is 2.42. The molecule has 146 valence electrons. The SMILES string of the molecule is CNCC(C)CNC(O)N1CCN(C2CCCCC2)C2CCCCC21. The zero-order chi connectivity index (χ0) is 17.6. The first-order chi connectivity index (χ1) is 12.2. The third-order valence-electron chi connectivity index (χ3n) is 6.72. The lowest BCUT2D eigenvalue weighted by atomic mass is 9.83. The predicted octanol–water partition coefficient (Wildman–Crippen LogP) is 1.97. The fraction of sp³-hybridized carbons (Fsp3) is 1.00. The van der Waals surface area contributed by atoms with Gasteiger partial charge in [0.15, 0.2) is 6.35 Å². The van der Waals surface area contributed by atoms with Crippen molar-refractivity contribution in [2.75, 3.05) is 33.2 Å². The highest BCUT2D eigenvalue weighted by Crippen LogP contribution is 2.35. The fourth-order valence-corrected chi connectivity index (χ4v) is 5.44. The van der Waals surface area contributed by atoms with Gasteiger partial charge in [-0.2, -0.15) is 0 Å². The van der Waals surface area contributed by atoms with E-state index < -0.39 is 6.35 Å². The lowest BCUT2D eigenvalue weighted by Crippen LogP contribution is -2.67. The summed E-state index contributed by atoms with van der Waals surface area (Å²) in [6.45, 7) is 6.22. The minimum Gasteiger partial charge on any atom is -0.365 e. The standard InChI is InChI=1S/C20H40N4O/c1-16(14-21-2)15-22-20(25)24-13-12-23(17-8-4-3-5-9-17)18-10-6-7-11-19(18)24/h16-22,25H,3-15H2,1-2H3. The van der Waals surface area contributed by atoms with Crippen molar-refractivity contribution in [3.8, 4) is 0 Å². The summed E-state index contributed by atoms with van der Waals surface area (Å²) in [5.41, 5.74) is 0. The number of nitrogens with zero attached hydrogens (tertiary/aromatic N) is 2. The molecule has 0 amide bonds. The van der Waals surface area contributed by atoms with Crippen LogP contribution in [0.1, 0.15) is 64.7 Å². The Balaban J connectivity index is 1.58. The summed E-state index contributed by atoms with van der Waals surface area (Å²) in [6.07, 6.45) is 11.8. The molecule has 25 heavy (non-hydrogen) atoms. The smallest absolute Gasteiger partial charge is 0.163 e. The maximum absolute atomic E-state index is 10.8. The second kappa shape index (κ2) is 9.65. The Morgan fingerprint density at radius 1 is 0.920 bits per heavy atom. The molecule has 0 aromatic rings. The van der Waals surface area contributed by atoms with Gasteiger partial charge in [0.05, 0.1) is 0 Å². The molecular weight excluding hydrogens is 312 g/mol. The van der Waals surface area contributed by atoms with Crippen molar-refractivity contribution in [1.82, 2.24) is 20.4 Å². The number of nitrogens with one attached hydrogen (secondary N) is 2. The molecule has 3 aliphatic rings. The number of hydrogen-bond acceptors (Lipinski definition) is 5. The molecule has 2 aliphatic carbocycles. The maximum Gasteiger partial charge on any atom is 0.163 e. The van der Waals surface area contributed by atoms with E-state index in [0.717, 1.165) is 32.2 Å². The summed E-state index contributed by atoms with van der Waals surface area (Å²) in [4.78, 5) is 5.21. The van der Waals surface area contributed by atoms with E-state index in [4.69, 9.17) is 0 Å². The van der Waals surface area contributed by atoms with Gasteiger partial charge in [0.1, 0.15) is 0 Å². The Morgan fingerprint density at radius 2 is 1.60 bits per heavy atom. The third kappa shape index (κ3) is 4.95. The molecule has 4 unspecified atom stereocenters. The number of hydrogen-bond donors (Lipinski definition) is 3. The Kier molecular flexibility index (Phi) is 7.55. The van der Waals surface area contributed by atoms with Crippen LogP contribution >= 0.6 is 0 Å². The Hall–Kier alpha value is -0.200. The summed E-state index contributed by atoms with van der Waals surface area (Å²) < 4.78 is 0. The number of piperazine rings is 1. The zero-order valence-electron chi connectivity index (χ0n) is 16.4. The van der Waals surface area contributed by atoms with Crippen molar-refractivity contribution in [3.05, 3.63) is 0 Å². The summed E-state index contributed by atoms with van der Waals surface area (Å²) in [6, 6.07) is 2.01. The zero-order valence-corrected chi connectivity index (χ0v) is 16.4. The molecule has 1 heterocycles. The highest BCUT2D eigenvalue weighted by molar-refractivity contribution is 4.97. The second-order valence-corrected chi connectivity index (χ2v) is 8.63. The van der Waals surface area contributed by atoms with Gasteiger partial charge in [-0.25, -0.2) is 0 Å². The van der Waals surface area contributed by atoms with Crippen LogP contribution in [0.2, 0.25) is 0 Å². The van der Waals surface area contributed by atoms with Gasteiger partial charge < -0.3 is 10.4 Å². The minimum atomic E-state index is -0.488. The first-order valence-corrected chi connectivity index (χ1v) is 10.8. The van der Waals surface area contributed by atoms with Gasteiger partial charge in [-0.1, -0.05) is 39.0 Å². The van der Waals surface area contributed by atoms with Gasteiger partial charge in [0.25, 0.3) is 0 Å². The molecular formula is C20H40N4O. The van der Waals surface area contributed by atoms with Crippen LogP contribution in [0, 0.1) is 5.92 Å². The normalized spacial score (nSPS) is 32.3. The van der Waals surface area contributed by atoms with Gasteiger partial charge in [-0.05, 0) is 45.2 Å². The Morgan fingerprint density at radius 3 is 2.32 bits per heavy atom. The quantitative estimate of drug-likeness (QED) is 0.612. The van der Waals surface area contributed by atoms with Crippen molar-refractivity contribution in [1.29, 1.82) is 0 Å². The van der Waals surface area contributed by atoms with Crippen molar-refractivity contribution >= 4 is 0 Å². The predicted molar refractivity (Wildman–Crippen MR) is 103 cm³/mol. The van der Waals surface area contributed by atoms with E-state index in [2.05, 4.69) is 27.4 Å². The van der Waals surface area contributed by atoms with Crippen LogP contribution in [-0.2, 0) is 0 Å². The third-order valence-corrected chi connectivity index (χ3v) is 6.72. The van der Waals surface area contributed by atoms with Crippen LogP contribution < -0.4 is 10.6 Å². The highest BCUT2D eigenvalue weighted by atomic mass is 16.3. The van der Waals surface area contributed by atoms with Gasteiger partial charge in [0, 0.05) is 37.8 Å². The first kappa shape index (κ1) is 19.6. The number of fused-ring (bicyclic) bond motifs is 1. The van der Waals surface area contributed by atoms with Crippen LogP contribution in [0.25, 0.3) is 0 Å². The van der Waals surface area contributed by atoms with E-state index in [1.54, 1.807) is 0 Å². The van der Waals surface area contributed by atoms with Crippen LogP contribution in [0.4, 0.5) is 0 Å². The molecule has 1 aliphatic heterocycles.